The van der Waals surface area contributed by atoms with Crippen molar-refractivity contribution < 1.29 is 10.2 Å². The number of hydrogen-bond donors (Lipinski definition) is 4. The molecule has 0 aliphatic heterocycles. The molecule has 162 valence electrons. The molecular weight excluding hydrogens is 530 g/mol. The van der Waals surface area contributed by atoms with Gasteiger partial charge in [-0.15, -0.1) is 0 Å². The number of nitrogens with two attached hydrogens (primary N) is 2. The minimum absolute atomic E-state index is 0.0773. The minimum atomic E-state index is -0.687. The van der Waals surface area contributed by atoms with Gasteiger partial charge < -0.3 is 0 Å². The van der Waals surface area contributed by atoms with E-state index in [9.17, 15) is 10.2 Å². The average Bonchev–Trinajstić information content (AvgIpc) is 2.84. The van der Waals surface area contributed by atoms with Gasteiger partial charge in [0.2, 0.25) is 0 Å². The SMILES string of the molecule is Nc1ccc(C(O)c2ccccc2)cc1[Se][Se]c1cc(C(O)c2ccccc2)ccc1N. The zero-order chi connectivity index (χ0) is 22.5. The van der Waals surface area contributed by atoms with Crippen LogP contribution in [0.5, 0.6) is 0 Å². The summed E-state index contributed by atoms with van der Waals surface area (Å²) in [6.45, 7) is 0. The second-order valence-corrected chi connectivity index (χ2v) is 13.6. The van der Waals surface area contributed by atoms with E-state index in [4.69, 9.17) is 11.5 Å². The fourth-order valence-corrected chi connectivity index (χ4v) is 10.3. The van der Waals surface area contributed by atoms with E-state index in [-0.39, 0.29) is 26.3 Å². The van der Waals surface area contributed by atoms with Gasteiger partial charge >= 0.3 is 200 Å². The molecule has 2 unspecified atom stereocenters. The molecule has 0 heterocycles. The van der Waals surface area contributed by atoms with Crippen molar-refractivity contribution >= 4 is 46.6 Å². The van der Waals surface area contributed by atoms with Gasteiger partial charge in [-0.1, -0.05) is 0 Å². The molecule has 0 saturated heterocycles. The fraction of sp³-hybridized carbons (Fsp3) is 0.0769. The van der Waals surface area contributed by atoms with Gasteiger partial charge in [-0.3, -0.25) is 0 Å². The maximum atomic E-state index is 10.8. The first-order valence-corrected chi connectivity index (χ1v) is 16.2. The molecule has 0 spiro atoms. The number of aliphatic hydroxyl groups is 2. The predicted octanol–water partition coefficient (Wildman–Crippen LogP) is 2.29. The van der Waals surface area contributed by atoms with Gasteiger partial charge in [0.25, 0.3) is 0 Å². The van der Waals surface area contributed by atoms with Crippen molar-refractivity contribution in [2.45, 2.75) is 12.2 Å². The number of rotatable bonds is 7. The fourth-order valence-electron chi connectivity index (χ4n) is 3.33. The number of hydrogen-bond acceptors (Lipinski definition) is 4. The van der Waals surface area contributed by atoms with Crippen LogP contribution in [0.2, 0.25) is 0 Å². The van der Waals surface area contributed by atoms with Crippen LogP contribution in [0.1, 0.15) is 34.5 Å². The molecule has 0 aliphatic carbocycles. The predicted molar refractivity (Wildman–Crippen MR) is 133 cm³/mol. The van der Waals surface area contributed by atoms with E-state index in [1.165, 1.54) is 0 Å². The molecule has 6 N–H and O–H groups in total. The third-order valence-electron chi connectivity index (χ3n) is 5.16. The molecule has 0 saturated carbocycles. The van der Waals surface area contributed by atoms with Gasteiger partial charge in [-0.2, -0.15) is 0 Å². The van der Waals surface area contributed by atoms with Crippen molar-refractivity contribution in [3.05, 3.63) is 119 Å². The second-order valence-electron chi connectivity index (χ2n) is 7.39. The Bertz CT molecular complexity index is 1090. The van der Waals surface area contributed by atoms with E-state index in [0.717, 1.165) is 42.6 Å². The Morgan fingerprint density at radius 1 is 0.500 bits per heavy atom. The summed E-state index contributed by atoms with van der Waals surface area (Å²) >= 11 is 0.155. The Morgan fingerprint density at radius 2 is 0.875 bits per heavy atom. The molecule has 0 bridgehead atoms. The van der Waals surface area contributed by atoms with Crippen molar-refractivity contribution in [1.82, 2.24) is 0 Å². The van der Waals surface area contributed by atoms with Gasteiger partial charge in [0.15, 0.2) is 0 Å². The number of nitrogen functional groups attached to an aromatic ring is 2. The third kappa shape index (κ3) is 5.25. The van der Waals surface area contributed by atoms with Gasteiger partial charge in [0, 0.05) is 0 Å². The number of aliphatic hydroxyl groups excluding tert-OH is 2. The zero-order valence-corrected chi connectivity index (χ0v) is 20.7. The van der Waals surface area contributed by atoms with Crippen LogP contribution in [0, 0.1) is 0 Å². The van der Waals surface area contributed by atoms with Gasteiger partial charge in [0.1, 0.15) is 0 Å². The molecule has 0 aliphatic rings. The summed E-state index contributed by atoms with van der Waals surface area (Å²) in [4.78, 5) is 0. The molecular formula is C26H24N2O2Se2. The maximum absolute atomic E-state index is 10.8. The summed E-state index contributed by atoms with van der Waals surface area (Å²) in [5.41, 5.74) is 17.4. The Hall–Kier alpha value is -2.56. The van der Waals surface area contributed by atoms with E-state index in [1.54, 1.807) is 0 Å². The van der Waals surface area contributed by atoms with E-state index >= 15 is 0 Å². The van der Waals surface area contributed by atoms with Crippen molar-refractivity contribution in [3.63, 3.8) is 0 Å². The third-order valence-corrected chi connectivity index (χ3v) is 12.4. The molecule has 4 aromatic carbocycles. The standard InChI is InChI=1S/C26H24N2O2Se2/c27-21-13-11-19(25(29)17-7-3-1-4-8-17)15-23(21)31-32-24-16-20(12-14-22(24)28)26(30)18-9-5-2-6-10-18/h1-16,25-26,29-30H,27-28H2. The van der Waals surface area contributed by atoms with Crippen LogP contribution in [0.25, 0.3) is 0 Å². The van der Waals surface area contributed by atoms with E-state index in [2.05, 4.69) is 0 Å². The first-order valence-electron chi connectivity index (χ1n) is 10.1. The molecule has 4 nitrogen and oxygen atoms in total. The molecule has 0 fully saturated rings. The van der Waals surface area contributed by atoms with Crippen LogP contribution in [0.3, 0.4) is 0 Å². The summed E-state index contributed by atoms with van der Waals surface area (Å²) in [5.74, 6) is 0. The topological polar surface area (TPSA) is 92.5 Å². The molecule has 0 aromatic heterocycles. The van der Waals surface area contributed by atoms with E-state index < -0.39 is 12.2 Å². The molecule has 4 rings (SSSR count). The van der Waals surface area contributed by atoms with E-state index in [0.29, 0.717) is 0 Å². The van der Waals surface area contributed by atoms with Gasteiger partial charge in [-0.05, 0) is 0 Å². The van der Waals surface area contributed by atoms with Crippen LogP contribution in [-0.2, 0) is 0 Å². The summed E-state index contributed by atoms with van der Waals surface area (Å²) in [5, 5.41) is 21.5. The van der Waals surface area contributed by atoms with Crippen LogP contribution in [0.4, 0.5) is 11.4 Å². The van der Waals surface area contributed by atoms with Crippen LogP contribution < -0.4 is 20.4 Å². The summed E-state index contributed by atoms with van der Waals surface area (Å²) in [7, 11) is 0. The zero-order valence-electron chi connectivity index (χ0n) is 17.3. The number of anilines is 2. The summed E-state index contributed by atoms with van der Waals surface area (Å²) in [6.07, 6.45) is -1.37. The quantitative estimate of drug-likeness (QED) is 0.209. The first kappa shape index (κ1) is 22.6. The van der Waals surface area contributed by atoms with Crippen LogP contribution >= 0.6 is 0 Å². The molecule has 0 amide bonds. The average molecular weight is 554 g/mol. The summed E-state index contributed by atoms with van der Waals surface area (Å²) in [6, 6.07) is 30.7. The molecule has 0 radical (unpaired) electrons. The molecule has 4 aromatic rings. The van der Waals surface area contributed by atoms with Crippen molar-refractivity contribution in [3.8, 4) is 0 Å². The Kier molecular flexibility index (Phi) is 7.33. The normalized spacial score (nSPS) is 12.9. The Morgan fingerprint density at radius 3 is 1.25 bits per heavy atom. The Labute approximate surface area is 199 Å². The Balaban J connectivity index is 1.53. The molecule has 2 atom stereocenters. The van der Waals surface area contributed by atoms with Crippen molar-refractivity contribution in [2.24, 2.45) is 0 Å². The monoisotopic (exact) mass is 556 g/mol. The van der Waals surface area contributed by atoms with Crippen molar-refractivity contribution in [1.29, 1.82) is 0 Å². The van der Waals surface area contributed by atoms with Gasteiger partial charge in [0.05, 0.1) is 0 Å². The van der Waals surface area contributed by atoms with Crippen LogP contribution in [-0.4, -0.2) is 36.5 Å². The number of benzene rings is 4. The molecule has 32 heavy (non-hydrogen) atoms. The van der Waals surface area contributed by atoms with Crippen molar-refractivity contribution in [2.75, 3.05) is 11.5 Å². The molecule has 6 heteroatoms. The van der Waals surface area contributed by atoms with Gasteiger partial charge in [-0.25, -0.2) is 0 Å². The first-order chi connectivity index (χ1) is 15.5. The van der Waals surface area contributed by atoms with Crippen LogP contribution in [0.15, 0.2) is 97.1 Å². The van der Waals surface area contributed by atoms with E-state index in [1.807, 2.05) is 97.1 Å². The summed E-state index contributed by atoms with van der Waals surface area (Å²) < 4.78 is 2.11. The second kappa shape index (κ2) is 10.4.